The number of likely N-dealkylation sites (tertiary alicyclic amines) is 1. The Balaban J connectivity index is 1.21. The average molecular weight is 486 g/mol. The fourth-order valence-corrected chi connectivity index (χ4v) is 4.89. The Morgan fingerprint density at radius 3 is 2.36 bits per heavy atom. The van der Waals surface area contributed by atoms with Crippen LogP contribution in [-0.4, -0.2) is 58.9 Å². The standard InChI is InChI=1S/C29H31N3O4/c1-35-24-10-6-21(7-11-24)20-32-27-5-3-2-4-26(27)30-28(32)22-14-16-31(17-15-22)18-19-36-25-12-8-23(9-13-25)29(33)34/h2-13,22H,14-20H2,1H3,(H,33,34). The van der Waals surface area contributed by atoms with E-state index in [9.17, 15) is 4.79 Å². The van der Waals surface area contributed by atoms with Crippen molar-refractivity contribution in [2.45, 2.75) is 25.3 Å². The lowest BCUT2D eigenvalue weighted by Crippen LogP contribution is -2.36. The molecule has 1 saturated heterocycles. The Hall–Kier alpha value is -3.84. The molecule has 0 spiro atoms. The molecule has 0 amide bonds. The van der Waals surface area contributed by atoms with Crippen molar-refractivity contribution in [1.82, 2.24) is 14.5 Å². The number of hydrogen-bond acceptors (Lipinski definition) is 5. The van der Waals surface area contributed by atoms with Crippen LogP contribution in [-0.2, 0) is 6.54 Å². The molecular weight excluding hydrogens is 454 g/mol. The van der Waals surface area contributed by atoms with Crippen LogP contribution < -0.4 is 9.47 Å². The van der Waals surface area contributed by atoms with Gasteiger partial charge in [-0.05, 0) is 80.0 Å². The molecule has 1 aromatic heterocycles. The second-order valence-electron chi connectivity index (χ2n) is 9.19. The number of rotatable bonds is 9. The summed E-state index contributed by atoms with van der Waals surface area (Å²) in [5.41, 5.74) is 3.72. The molecule has 186 valence electrons. The zero-order valence-electron chi connectivity index (χ0n) is 20.5. The average Bonchev–Trinajstić information content (AvgIpc) is 3.28. The van der Waals surface area contributed by atoms with Gasteiger partial charge in [0.1, 0.15) is 23.9 Å². The molecule has 7 nitrogen and oxygen atoms in total. The maximum atomic E-state index is 11.0. The molecule has 0 radical (unpaired) electrons. The normalized spacial score (nSPS) is 14.7. The lowest BCUT2D eigenvalue weighted by atomic mass is 9.95. The molecule has 1 fully saturated rings. The molecular formula is C29H31N3O4. The number of nitrogens with zero attached hydrogens (tertiary/aromatic N) is 3. The highest BCUT2D eigenvalue weighted by molar-refractivity contribution is 5.87. The van der Waals surface area contributed by atoms with Gasteiger partial charge >= 0.3 is 5.97 Å². The number of hydrogen-bond donors (Lipinski definition) is 1. The van der Waals surface area contributed by atoms with Gasteiger partial charge in [0.25, 0.3) is 0 Å². The maximum Gasteiger partial charge on any atom is 0.335 e. The van der Waals surface area contributed by atoms with E-state index in [1.807, 2.05) is 12.1 Å². The number of aromatic carboxylic acids is 1. The molecule has 7 heteroatoms. The maximum absolute atomic E-state index is 11.0. The predicted octanol–water partition coefficient (Wildman–Crippen LogP) is 5.05. The first-order valence-electron chi connectivity index (χ1n) is 12.4. The van der Waals surface area contributed by atoms with Gasteiger partial charge in [0.05, 0.1) is 23.7 Å². The lowest BCUT2D eigenvalue weighted by molar-refractivity contribution is 0.0697. The Labute approximate surface area is 210 Å². The zero-order chi connectivity index (χ0) is 24.9. The van der Waals surface area contributed by atoms with Gasteiger partial charge in [0, 0.05) is 19.0 Å². The number of aromatic nitrogens is 2. The molecule has 2 heterocycles. The summed E-state index contributed by atoms with van der Waals surface area (Å²) >= 11 is 0. The minimum Gasteiger partial charge on any atom is -0.497 e. The van der Waals surface area contributed by atoms with E-state index in [1.54, 1.807) is 31.4 Å². The summed E-state index contributed by atoms with van der Waals surface area (Å²) < 4.78 is 13.5. The van der Waals surface area contributed by atoms with E-state index >= 15 is 0 Å². The fourth-order valence-electron chi connectivity index (χ4n) is 4.89. The molecule has 0 saturated carbocycles. The Morgan fingerprint density at radius 2 is 1.67 bits per heavy atom. The summed E-state index contributed by atoms with van der Waals surface area (Å²) in [4.78, 5) is 18.5. The summed E-state index contributed by atoms with van der Waals surface area (Å²) in [6, 6.07) is 23.2. The Morgan fingerprint density at radius 1 is 0.972 bits per heavy atom. The van der Waals surface area contributed by atoms with Gasteiger partial charge in [-0.2, -0.15) is 0 Å². The van der Waals surface area contributed by atoms with Gasteiger partial charge in [-0.25, -0.2) is 9.78 Å². The first-order valence-corrected chi connectivity index (χ1v) is 12.4. The third kappa shape index (κ3) is 5.36. The van der Waals surface area contributed by atoms with E-state index in [2.05, 4.69) is 45.9 Å². The zero-order valence-corrected chi connectivity index (χ0v) is 20.5. The monoisotopic (exact) mass is 485 g/mol. The van der Waals surface area contributed by atoms with Crippen molar-refractivity contribution in [2.24, 2.45) is 0 Å². The number of methoxy groups -OCH3 is 1. The molecule has 0 atom stereocenters. The number of imidazole rings is 1. The third-order valence-electron chi connectivity index (χ3n) is 6.91. The third-order valence-corrected chi connectivity index (χ3v) is 6.91. The van der Waals surface area contributed by atoms with E-state index in [0.29, 0.717) is 18.3 Å². The largest absolute Gasteiger partial charge is 0.497 e. The highest BCUT2D eigenvalue weighted by Crippen LogP contribution is 2.31. The number of fused-ring (bicyclic) bond motifs is 1. The predicted molar refractivity (Wildman–Crippen MR) is 139 cm³/mol. The van der Waals surface area contributed by atoms with Crippen LogP contribution in [0, 0.1) is 0 Å². The SMILES string of the molecule is COc1ccc(Cn2c(C3CCN(CCOc4ccc(C(=O)O)cc4)CC3)nc3ccccc32)cc1. The van der Waals surface area contributed by atoms with Crippen molar-refractivity contribution in [2.75, 3.05) is 33.4 Å². The summed E-state index contributed by atoms with van der Waals surface area (Å²) in [5.74, 6) is 2.21. The van der Waals surface area contributed by atoms with Crippen molar-refractivity contribution in [1.29, 1.82) is 0 Å². The van der Waals surface area contributed by atoms with E-state index in [4.69, 9.17) is 19.6 Å². The molecule has 1 aliphatic rings. The van der Waals surface area contributed by atoms with Crippen LogP contribution in [0.4, 0.5) is 0 Å². The van der Waals surface area contributed by atoms with E-state index in [1.165, 1.54) is 16.9 Å². The van der Waals surface area contributed by atoms with Crippen molar-refractivity contribution >= 4 is 17.0 Å². The van der Waals surface area contributed by atoms with E-state index in [-0.39, 0.29) is 5.56 Å². The molecule has 1 aliphatic heterocycles. The van der Waals surface area contributed by atoms with Crippen LogP contribution in [0.25, 0.3) is 11.0 Å². The quantitative estimate of drug-likeness (QED) is 0.358. The topological polar surface area (TPSA) is 76.8 Å². The molecule has 3 aromatic carbocycles. The van der Waals surface area contributed by atoms with Gasteiger partial charge in [0.2, 0.25) is 0 Å². The van der Waals surface area contributed by atoms with Crippen LogP contribution in [0.3, 0.4) is 0 Å². The smallest absolute Gasteiger partial charge is 0.335 e. The molecule has 5 rings (SSSR count). The van der Waals surface area contributed by atoms with Crippen LogP contribution >= 0.6 is 0 Å². The molecule has 0 bridgehead atoms. The highest BCUT2D eigenvalue weighted by atomic mass is 16.5. The second-order valence-corrected chi connectivity index (χ2v) is 9.19. The van der Waals surface area contributed by atoms with Crippen molar-refractivity contribution < 1.29 is 19.4 Å². The van der Waals surface area contributed by atoms with Gasteiger partial charge in [-0.1, -0.05) is 24.3 Å². The van der Waals surface area contributed by atoms with Gasteiger partial charge < -0.3 is 19.1 Å². The number of carboxylic acid groups (broad SMARTS) is 1. The van der Waals surface area contributed by atoms with E-state index < -0.39 is 5.97 Å². The van der Waals surface area contributed by atoms with Crippen molar-refractivity contribution in [3.63, 3.8) is 0 Å². The summed E-state index contributed by atoms with van der Waals surface area (Å²) in [5, 5.41) is 9.02. The van der Waals surface area contributed by atoms with Crippen LogP contribution in [0.15, 0.2) is 72.8 Å². The molecule has 0 aliphatic carbocycles. The lowest BCUT2D eigenvalue weighted by Gasteiger charge is -2.31. The van der Waals surface area contributed by atoms with Crippen LogP contribution in [0.5, 0.6) is 11.5 Å². The van der Waals surface area contributed by atoms with Gasteiger partial charge in [-0.15, -0.1) is 0 Å². The van der Waals surface area contributed by atoms with Gasteiger partial charge in [-0.3, -0.25) is 4.90 Å². The van der Waals surface area contributed by atoms with Crippen LogP contribution in [0.2, 0.25) is 0 Å². The summed E-state index contributed by atoms with van der Waals surface area (Å²) in [6.07, 6.45) is 2.11. The Kier molecular flexibility index (Phi) is 7.18. The number of benzene rings is 3. The number of para-hydroxylation sites is 2. The van der Waals surface area contributed by atoms with Crippen molar-refractivity contribution in [3.05, 3.63) is 89.7 Å². The fraction of sp³-hybridized carbons (Fsp3) is 0.310. The van der Waals surface area contributed by atoms with E-state index in [0.717, 1.165) is 50.3 Å². The molecule has 36 heavy (non-hydrogen) atoms. The minimum atomic E-state index is -0.929. The first kappa shape index (κ1) is 23.9. The Bertz CT molecular complexity index is 1310. The molecule has 4 aromatic rings. The second kappa shape index (κ2) is 10.8. The number of piperidine rings is 1. The molecule has 0 unspecified atom stereocenters. The molecule has 1 N–H and O–H groups in total. The first-order chi connectivity index (χ1) is 17.6. The van der Waals surface area contributed by atoms with Crippen LogP contribution in [0.1, 0.15) is 40.5 Å². The number of ether oxygens (including phenoxy) is 2. The number of carboxylic acids is 1. The summed E-state index contributed by atoms with van der Waals surface area (Å²) in [6.45, 7) is 4.20. The van der Waals surface area contributed by atoms with Gasteiger partial charge in [0.15, 0.2) is 0 Å². The number of carbonyl (C=O) groups is 1. The summed E-state index contributed by atoms with van der Waals surface area (Å²) in [7, 11) is 1.69. The van der Waals surface area contributed by atoms with Crippen molar-refractivity contribution in [3.8, 4) is 11.5 Å². The minimum absolute atomic E-state index is 0.266. The highest BCUT2D eigenvalue weighted by Gasteiger charge is 2.25.